The number of hydrogen-bond donors (Lipinski definition) is 0. The topological polar surface area (TPSA) is 55.7 Å². The van der Waals surface area contributed by atoms with Crippen molar-refractivity contribution in [1.82, 2.24) is 0 Å². The standard InChI is InChI=1S/C8H6ClNO3/c9-6-3-5(8-4-13-8)1-2-7(6)10(11)12/h1-3,8H,4H2. The van der Waals surface area contributed by atoms with Crippen LogP contribution >= 0.6 is 11.6 Å². The summed E-state index contributed by atoms with van der Waals surface area (Å²) >= 11 is 5.70. The van der Waals surface area contributed by atoms with Crippen molar-refractivity contribution in [1.29, 1.82) is 0 Å². The number of benzene rings is 1. The smallest absolute Gasteiger partial charge is 0.287 e. The minimum absolute atomic E-state index is 0.0638. The highest BCUT2D eigenvalue weighted by atomic mass is 35.5. The van der Waals surface area contributed by atoms with Crippen molar-refractivity contribution in [2.75, 3.05) is 6.61 Å². The van der Waals surface area contributed by atoms with Gasteiger partial charge in [-0.25, -0.2) is 0 Å². The lowest BCUT2D eigenvalue weighted by Gasteiger charge is -1.97. The highest BCUT2D eigenvalue weighted by Gasteiger charge is 2.26. The Morgan fingerprint density at radius 3 is 2.77 bits per heavy atom. The van der Waals surface area contributed by atoms with E-state index in [0.29, 0.717) is 6.61 Å². The molecule has 1 heterocycles. The molecule has 4 nitrogen and oxygen atoms in total. The van der Waals surface area contributed by atoms with Crippen LogP contribution in [-0.2, 0) is 4.74 Å². The van der Waals surface area contributed by atoms with E-state index in [1.54, 1.807) is 12.1 Å². The molecule has 1 atom stereocenters. The van der Waals surface area contributed by atoms with Crippen molar-refractivity contribution in [2.24, 2.45) is 0 Å². The predicted molar refractivity (Wildman–Crippen MR) is 46.8 cm³/mol. The zero-order valence-corrected chi connectivity index (χ0v) is 7.32. The van der Waals surface area contributed by atoms with Crippen molar-refractivity contribution in [3.05, 3.63) is 38.9 Å². The van der Waals surface area contributed by atoms with E-state index in [0.717, 1.165) is 5.56 Å². The molecule has 1 aliphatic rings. The lowest BCUT2D eigenvalue weighted by Crippen LogP contribution is -1.90. The van der Waals surface area contributed by atoms with Crippen LogP contribution in [0.2, 0.25) is 5.02 Å². The van der Waals surface area contributed by atoms with Gasteiger partial charge in [-0.1, -0.05) is 11.6 Å². The SMILES string of the molecule is O=[N+]([O-])c1ccc(C2CO2)cc1Cl. The molecule has 1 aliphatic heterocycles. The summed E-state index contributed by atoms with van der Waals surface area (Å²) in [6, 6.07) is 4.65. The first kappa shape index (κ1) is 8.47. The third-order valence-electron chi connectivity index (χ3n) is 1.87. The molecular weight excluding hydrogens is 194 g/mol. The number of ether oxygens (including phenoxy) is 1. The van der Waals surface area contributed by atoms with Gasteiger partial charge in [0.05, 0.1) is 11.5 Å². The Bertz CT molecular complexity index is 362. The number of epoxide rings is 1. The zero-order valence-electron chi connectivity index (χ0n) is 6.57. The molecule has 2 rings (SSSR count). The predicted octanol–water partition coefficient (Wildman–Crippen LogP) is 2.32. The Morgan fingerprint density at radius 2 is 2.31 bits per heavy atom. The van der Waals surface area contributed by atoms with E-state index in [4.69, 9.17) is 16.3 Å². The van der Waals surface area contributed by atoms with Crippen molar-refractivity contribution in [2.45, 2.75) is 6.10 Å². The van der Waals surface area contributed by atoms with Crippen LogP contribution in [0.25, 0.3) is 0 Å². The van der Waals surface area contributed by atoms with Crippen LogP contribution in [0.15, 0.2) is 18.2 Å². The normalized spacial score (nSPS) is 19.9. The quantitative estimate of drug-likeness (QED) is 0.417. The highest BCUT2D eigenvalue weighted by Crippen LogP contribution is 2.34. The molecule has 1 aromatic carbocycles. The third-order valence-corrected chi connectivity index (χ3v) is 2.18. The number of nitro groups is 1. The first-order valence-corrected chi connectivity index (χ1v) is 4.12. The molecule has 0 N–H and O–H groups in total. The molecule has 5 heteroatoms. The molecule has 13 heavy (non-hydrogen) atoms. The van der Waals surface area contributed by atoms with Gasteiger partial charge in [-0.15, -0.1) is 0 Å². The van der Waals surface area contributed by atoms with Crippen molar-refractivity contribution < 1.29 is 9.66 Å². The molecule has 0 amide bonds. The molecule has 0 bridgehead atoms. The highest BCUT2D eigenvalue weighted by molar-refractivity contribution is 6.32. The van der Waals surface area contributed by atoms with Gasteiger partial charge in [0.25, 0.3) is 5.69 Å². The summed E-state index contributed by atoms with van der Waals surface area (Å²) in [5.74, 6) is 0. The summed E-state index contributed by atoms with van der Waals surface area (Å²) < 4.78 is 5.02. The molecule has 1 aromatic rings. The van der Waals surface area contributed by atoms with Gasteiger partial charge in [0.2, 0.25) is 0 Å². The Kier molecular flexibility index (Phi) is 1.94. The fourth-order valence-corrected chi connectivity index (χ4v) is 1.37. The van der Waals surface area contributed by atoms with Crippen LogP contribution in [0.4, 0.5) is 5.69 Å². The van der Waals surface area contributed by atoms with Crippen LogP contribution < -0.4 is 0 Å². The molecule has 0 saturated carbocycles. The van der Waals surface area contributed by atoms with Crippen LogP contribution in [0.3, 0.4) is 0 Å². The summed E-state index contributed by atoms with van der Waals surface area (Å²) in [5.41, 5.74) is 0.835. The number of halogens is 1. The summed E-state index contributed by atoms with van der Waals surface area (Å²) in [6.45, 7) is 0.675. The van der Waals surface area contributed by atoms with Gasteiger partial charge in [-0.3, -0.25) is 10.1 Å². The van der Waals surface area contributed by atoms with Crippen molar-refractivity contribution in [3.63, 3.8) is 0 Å². The van der Waals surface area contributed by atoms with Gasteiger partial charge in [0.1, 0.15) is 11.1 Å². The first-order valence-electron chi connectivity index (χ1n) is 3.74. The molecule has 0 spiro atoms. The molecule has 1 unspecified atom stereocenters. The van der Waals surface area contributed by atoms with E-state index in [2.05, 4.69) is 0 Å². The molecular formula is C8H6ClNO3. The van der Waals surface area contributed by atoms with Crippen LogP contribution in [0, 0.1) is 10.1 Å². The average Bonchev–Trinajstić information content (AvgIpc) is 2.85. The zero-order chi connectivity index (χ0) is 9.42. The number of hydrogen-bond acceptors (Lipinski definition) is 3. The fraction of sp³-hybridized carbons (Fsp3) is 0.250. The van der Waals surface area contributed by atoms with Gasteiger partial charge in [-0.2, -0.15) is 0 Å². The minimum atomic E-state index is -0.500. The van der Waals surface area contributed by atoms with E-state index in [1.807, 2.05) is 0 Å². The Balaban J connectivity index is 2.36. The van der Waals surface area contributed by atoms with E-state index in [9.17, 15) is 10.1 Å². The minimum Gasteiger partial charge on any atom is -0.368 e. The van der Waals surface area contributed by atoms with Crippen molar-refractivity contribution >= 4 is 17.3 Å². The van der Waals surface area contributed by atoms with Gasteiger partial charge in [0, 0.05) is 6.07 Å². The molecule has 0 aromatic heterocycles. The van der Waals surface area contributed by atoms with Gasteiger partial charge in [-0.05, 0) is 17.7 Å². The van der Waals surface area contributed by atoms with Gasteiger partial charge >= 0.3 is 0 Å². The van der Waals surface area contributed by atoms with Crippen LogP contribution in [0.1, 0.15) is 11.7 Å². The maximum absolute atomic E-state index is 10.4. The largest absolute Gasteiger partial charge is 0.368 e. The fourth-order valence-electron chi connectivity index (χ4n) is 1.11. The summed E-state index contributed by atoms with van der Waals surface area (Å²) in [5, 5.41) is 10.6. The van der Waals surface area contributed by atoms with Gasteiger partial charge in [0.15, 0.2) is 0 Å². The number of nitro benzene ring substituents is 1. The average molecular weight is 200 g/mol. The first-order chi connectivity index (χ1) is 6.18. The number of rotatable bonds is 2. The second-order valence-corrected chi connectivity index (χ2v) is 3.20. The van der Waals surface area contributed by atoms with E-state index < -0.39 is 4.92 Å². The van der Waals surface area contributed by atoms with Crippen LogP contribution in [0.5, 0.6) is 0 Å². The monoisotopic (exact) mass is 199 g/mol. The molecule has 1 fully saturated rings. The number of nitrogens with zero attached hydrogens (tertiary/aromatic N) is 1. The summed E-state index contributed by atoms with van der Waals surface area (Å²) in [6.07, 6.45) is 0.0818. The lowest BCUT2D eigenvalue weighted by molar-refractivity contribution is -0.384. The Morgan fingerprint density at radius 1 is 1.62 bits per heavy atom. The summed E-state index contributed by atoms with van der Waals surface area (Å²) in [7, 11) is 0. The molecule has 0 aliphatic carbocycles. The molecule has 68 valence electrons. The van der Waals surface area contributed by atoms with E-state index >= 15 is 0 Å². The maximum Gasteiger partial charge on any atom is 0.287 e. The van der Waals surface area contributed by atoms with Crippen molar-refractivity contribution in [3.8, 4) is 0 Å². The maximum atomic E-state index is 10.4. The second kappa shape index (κ2) is 2.97. The van der Waals surface area contributed by atoms with E-state index in [1.165, 1.54) is 6.07 Å². The lowest BCUT2D eigenvalue weighted by atomic mass is 10.1. The second-order valence-electron chi connectivity index (χ2n) is 2.79. The summed E-state index contributed by atoms with van der Waals surface area (Å²) in [4.78, 5) is 9.91. The Hall–Kier alpha value is -1.13. The Labute approximate surface area is 79.2 Å². The van der Waals surface area contributed by atoms with E-state index in [-0.39, 0.29) is 16.8 Å². The van der Waals surface area contributed by atoms with Crippen LogP contribution in [-0.4, -0.2) is 11.5 Å². The third kappa shape index (κ3) is 1.64. The molecule has 0 radical (unpaired) electrons. The van der Waals surface area contributed by atoms with Gasteiger partial charge < -0.3 is 4.74 Å². The molecule has 1 saturated heterocycles.